The summed E-state index contributed by atoms with van der Waals surface area (Å²) < 4.78 is 0. The molecule has 0 nitrogen and oxygen atoms in total. The molecule has 0 heterocycles. The topological polar surface area (TPSA) is 0 Å². The van der Waals surface area contributed by atoms with Gasteiger partial charge < -0.3 is 0 Å². The quantitative estimate of drug-likeness (QED) is 0.133. The van der Waals surface area contributed by atoms with Crippen LogP contribution in [-0.4, -0.2) is 0 Å². The van der Waals surface area contributed by atoms with Gasteiger partial charge in [0.05, 0.1) is 0 Å². The smallest absolute Gasteiger partial charge is 0.0168 e. The predicted octanol–water partition coefficient (Wildman–Crippen LogP) is 12.8. The van der Waals surface area contributed by atoms with Crippen LogP contribution in [0.4, 0.5) is 0 Å². The molecule has 0 spiro atoms. The van der Waals surface area contributed by atoms with Crippen molar-refractivity contribution in [1.29, 1.82) is 0 Å². The van der Waals surface area contributed by atoms with E-state index in [2.05, 4.69) is 161 Å². The summed E-state index contributed by atoms with van der Waals surface area (Å²) in [4.78, 5) is 0. The Labute approximate surface area is 262 Å². The van der Waals surface area contributed by atoms with E-state index in [1.165, 1.54) is 71.6 Å². The van der Waals surface area contributed by atoms with Gasteiger partial charge in [-0.2, -0.15) is 0 Å². The SMILES string of the molecule is CCC1=C(C)c2ccc(/C=C/c3ccc4c(-c5ccccc5)c(-c5ccccc5)c5ccccc5c4c3)cc2C1(CC)CC. The molecule has 0 saturated carbocycles. The van der Waals surface area contributed by atoms with Gasteiger partial charge in [0.15, 0.2) is 0 Å². The molecule has 7 rings (SSSR count). The first-order valence-electron chi connectivity index (χ1n) is 16.2. The molecule has 0 unspecified atom stereocenters. The molecule has 0 aliphatic heterocycles. The lowest BCUT2D eigenvalue weighted by Gasteiger charge is -2.32. The third-order valence-electron chi connectivity index (χ3n) is 10.2. The average Bonchev–Trinajstić information content (AvgIpc) is 3.33. The summed E-state index contributed by atoms with van der Waals surface area (Å²) in [5.74, 6) is 0. The van der Waals surface area contributed by atoms with E-state index in [9.17, 15) is 0 Å². The maximum absolute atomic E-state index is 2.46. The van der Waals surface area contributed by atoms with Gasteiger partial charge in [-0.15, -0.1) is 0 Å². The number of allylic oxidation sites excluding steroid dienone is 2. The summed E-state index contributed by atoms with van der Waals surface area (Å²) in [6.45, 7) is 9.36. The molecule has 1 aliphatic rings. The van der Waals surface area contributed by atoms with Gasteiger partial charge >= 0.3 is 0 Å². The number of fused-ring (bicyclic) bond motifs is 4. The van der Waals surface area contributed by atoms with Crippen LogP contribution in [0.3, 0.4) is 0 Å². The first-order valence-corrected chi connectivity index (χ1v) is 16.2. The summed E-state index contributed by atoms with van der Waals surface area (Å²) in [6.07, 6.45) is 8.01. The normalized spacial score (nSPS) is 14.2. The lowest BCUT2D eigenvalue weighted by Crippen LogP contribution is -2.24. The summed E-state index contributed by atoms with van der Waals surface area (Å²) in [5.41, 5.74) is 13.8. The Hall–Kier alpha value is -4.68. The van der Waals surface area contributed by atoms with Crippen molar-refractivity contribution >= 4 is 39.3 Å². The van der Waals surface area contributed by atoms with Crippen molar-refractivity contribution in [1.82, 2.24) is 0 Å². The van der Waals surface area contributed by atoms with E-state index in [1.807, 2.05) is 0 Å². The predicted molar refractivity (Wildman–Crippen MR) is 193 cm³/mol. The van der Waals surface area contributed by atoms with Crippen molar-refractivity contribution in [3.05, 3.63) is 149 Å². The van der Waals surface area contributed by atoms with Gasteiger partial charge in [0.25, 0.3) is 0 Å². The summed E-state index contributed by atoms with van der Waals surface area (Å²) >= 11 is 0. The Balaban J connectivity index is 1.38. The maximum Gasteiger partial charge on any atom is 0.0168 e. The Morgan fingerprint density at radius 1 is 0.523 bits per heavy atom. The molecule has 0 aromatic heterocycles. The summed E-state index contributed by atoms with van der Waals surface area (Å²) in [6, 6.07) is 44.7. The molecule has 0 fully saturated rings. The Morgan fingerprint density at radius 2 is 1.05 bits per heavy atom. The Morgan fingerprint density at radius 3 is 1.64 bits per heavy atom. The highest BCUT2D eigenvalue weighted by Gasteiger charge is 2.40. The fraction of sp³-hybridized carbons (Fsp3) is 0.182. The van der Waals surface area contributed by atoms with Gasteiger partial charge in [0, 0.05) is 5.41 Å². The molecule has 1 aliphatic carbocycles. The van der Waals surface area contributed by atoms with E-state index in [4.69, 9.17) is 0 Å². The molecular weight excluding hydrogens is 528 g/mol. The van der Waals surface area contributed by atoms with Crippen molar-refractivity contribution in [3.8, 4) is 22.3 Å². The Bertz CT molecular complexity index is 2050. The molecular formula is C44H40. The van der Waals surface area contributed by atoms with Gasteiger partial charge in [0.2, 0.25) is 0 Å². The third-order valence-corrected chi connectivity index (χ3v) is 10.2. The Kier molecular flexibility index (Phi) is 7.31. The van der Waals surface area contributed by atoms with Gasteiger partial charge in [0.1, 0.15) is 0 Å². The minimum Gasteiger partial charge on any atom is -0.0642 e. The minimum absolute atomic E-state index is 0.171. The number of hydrogen-bond donors (Lipinski definition) is 0. The van der Waals surface area contributed by atoms with E-state index >= 15 is 0 Å². The first-order chi connectivity index (χ1) is 21.6. The molecule has 0 bridgehead atoms. The largest absolute Gasteiger partial charge is 0.0642 e. The average molecular weight is 569 g/mol. The zero-order valence-electron chi connectivity index (χ0n) is 26.3. The van der Waals surface area contributed by atoms with Gasteiger partial charge in [-0.05, 0) is 104 Å². The number of rotatable bonds is 7. The summed E-state index contributed by atoms with van der Waals surface area (Å²) in [7, 11) is 0. The highest BCUT2D eigenvalue weighted by Crippen LogP contribution is 2.52. The van der Waals surface area contributed by atoms with Crippen LogP contribution in [0.15, 0.2) is 127 Å². The molecule has 0 atom stereocenters. The summed E-state index contributed by atoms with van der Waals surface area (Å²) in [5, 5.41) is 5.15. The third kappa shape index (κ3) is 4.44. The molecule has 6 aromatic carbocycles. The number of benzene rings is 6. The molecule has 0 saturated heterocycles. The zero-order chi connectivity index (χ0) is 30.3. The van der Waals surface area contributed by atoms with Crippen molar-refractivity contribution in [2.45, 2.75) is 52.4 Å². The van der Waals surface area contributed by atoms with Crippen molar-refractivity contribution < 1.29 is 0 Å². The van der Waals surface area contributed by atoms with Crippen molar-refractivity contribution in [2.24, 2.45) is 0 Å². The van der Waals surface area contributed by atoms with E-state index in [1.54, 1.807) is 5.57 Å². The van der Waals surface area contributed by atoms with Crippen LogP contribution in [0.2, 0.25) is 0 Å². The molecule has 0 radical (unpaired) electrons. The van der Waals surface area contributed by atoms with Crippen LogP contribution < -0.4 is 0 Å². The monoisotopic (exact) mass is 568 g/mol. The fourth-order valence-corrected chi connectivity index (χ4v) is 8.05. The molecule has 44 heavy (non-hydrogen) atoms. The minimum atomic E-state index is 0.171. The fourth-order valence-electron chi connectivity index (χ4n) is 8.05. The van der Waals surface area contributed by atoms with Gasteiger partial charge in [-0.1, -0.05) is 154 Å². The van der Waals surface area contributed by atoms with Crippen LogP contribution in [0.5, 0.6) is 0 Å². The van der Waals surface area contributed by atoms with E-state index in [0.717, 1.165) is 19.3 Å². The zero-order valence-corrected chi connectivity index (χ0v) is 26.3. The molecule has 0 heteroatoms. The van der Waals surface area contributed by atoms with E-state index < -0.39 is 0 Å². The van der Waals surface area contributed by atoms with Crippen LogP contribution in [-0.2, 0) is 5.41 Å². The van der Waals surface area contributed by atoms with Gasteiger partial charge in [-0.3, -0.25) is 0 Å². The van der Waals surface area contributed by atoms with Crippen LogP contribution in [0.25, 0.3) is 61.5 Å². The van der Waals surface area contributed by atoms with Gasteiger partial charge in [-0.25, -0.2) is 0 Å². The first kappa shape index (κ1) is 28.1. The standard InChI is InChI=1S/C44H40/c1-5-40-30(4)35-26-24-32(29-41(35)44(40,6-2)7-3)23-22-31-25-27-38-39(28-31)36-20-14-15-21-37(36)42(33-16-10-8-11-17-33)43(38)34-18-12-9-13-19-34/h8-29H,5-7H2,1-4H3/b23-22+. The van der Waals surface area contributed by atoms with Crippen LogP contribution >= 0.6 is 0 Å². The number of hydrogen-bond acceptors (Lipinski definition) is 0. The highest BCUT2D eigenvalue weighted by atomic mass is 14.4. The molecule has 0 N–H and O–H groups in total. The molecule has 6 aromatic rings. The lowest BCUT2D eigenvalue weighted by molar-refractivity contribution is 0.465. The highest BCUT2D eigenvalue weighted by molar-refractivity contribution is 6.21. The van der Waals surface area contributed by atoms with Crippen LogP contribution in [0.1, 0.15) is 69.2 Å². The lowest BCUT2D eigenvalue weighted by atomic mass is 9.72. The molecule has 216 valence electrons. The second-order valence-corrected chi connectivity index (χ2v) is 12.2. The van der Waals surface area contributed by atoms with Crippen molar-refractivity contribution in [2.75, 3.05) is 0 Å². The van der Waals surface area contributed by atoms with Crippen LogP contribution in [0, 0.1) is 0 Å². The van der Waals surface area contributed by atoms with Crippen molar-refractivity contribution in [3.63, 3.8) is 0 Å². The van der Waals surface area contributed by atoms with E-state index in [-0.39, 0.29) is 5.41 Å². The second kappa shape index (κ2) is 11.4. The molecule has 0 amide bonds. The maximum atomic E-state index is 2.46. The van der Waals surface area contributed by atoms with E-state index in [0.29, 0.717) is 0 Å². The second-order valence-electron chi connectivity index (χ2n) is 12.2.